The van der Waals surface area contributed by atoms with Crippen molar-refractivity contribution >= 4 is 17.8 Å². The highest BCUT2D eigenvalue weighted by molar-refractivity contribution is 6.19. The van der Waals surface area contributed by atoms with Crippen LogP contribution in [0.1, 0.15) is 23.6 Å². The zero-order chi connectivity index (χ0) is 25.7. The summed E-state index contributed by atoms with van der Waals surface area (Å²) in [6.07, 6.45) is 2.52. The maximum absolute atomic E-state index is 13.9. The number of urea groups is 1. The van der Waals surface area contributed by atoms with Crippen molar-refractivity contribution in [3.8, 4) is 11.5 Å². The lowest BCUT2D eigenvalue weighted by Gasteiger charge is -2.47. The Morgan fingerprint density at radius 3 is 2.73 bits per heavy atom. The molecule has 10 nitrogen and oxygen atoms in total. The van der Waals surface area contributed by atoms with E-state index in [2.05, 4.69) is 16.8 Å². The van der Waals surface area contributed by atoms with Crippen molar-refractivity contribution in [1.29, 1.82) is 0 Å². The zero-order valence-electron chi connectivity index (χ0n) is 20.4. The molecule has 1 aromatic heterocycles. The van der Waals surface area contributed by atoms with Gasteiger partial charge in [0.25, 0.3) is 5.56 Å². The summed E-state index contributed by atoms with van der Waals surface area (Å²) < 4.78 is 12.8. The summed E-state index contributed by atoms with van der Waals surface area (Å²) >= 11 is 0. The van der Waals surface area contributed by atoms with Crippen LogP contribution in [0.3, 0.4) is 0 Å². The summed E-state index contributed by atoms with van der Waals surface area (Å²) in [5.41, 5.74) is 0.198. The fraction of sp³-hybridized carbons (Fsp3) is 0.407. The van der Waals surface area contributed by atoms with Crippen molar-refractivity contribution in [2.24, 2.45) is 11.3 Å². The van der Waals surface area contributed by atoms with Gasteiger partial charge in [0.1, 0.15) is 5.41 Å². The molecule has 37 heavy (non-hydrogen) atoms. The van der Waals surface area contributed by atoms with E-state index in [0.29, 0.717) is 31.1 Å². The van der Waals surface area contributed by atoms with Gasteiger partial charge in [-0.25, -0.2) is 4.79 Å². The predicted octanol–water partition coefficient (Wildman–Crippen LogP) is 1.49. The van der Waals surface area contributed by atoms with E-state index in [1.807, 2.05) is 16.7 Å². The van der Waals surface area contributed by atoms with Crippen LogP contribution in [0.5, 0.6) is 11.5 Å². The molecule has 0 aliphatic carbocycles. The molecule has 192 valence electrons. The number of imide groups is 2. The number of fused-ring (bicyclic) bond motifs is 5. The van der Waals surface area contributed by atoms with E-state index in [1.54, 1.807) is 24.3 Å². The van der Waals surface area contributed by atoms with Crippen LogP contribution in [0.15, 0.2) is 53.8 Å². The molecule has 2 bridgehead atoms. The Balaban J connectivity index is 1.35. The molecule has 6 rings (SSSR count). The van der Waals surface area contributed by atoms with Crippen molar-refractivity contribution < 1.29 is 23.9 Å². The lowest BCUT2D eigenvalue weighted by Crippen LogP contribution is -2.68. The van der Waals surface area contributed by atoms with E-state index in [0.717, 1.165) is 22.6 Å². The number of carbonyl (C=O) groups excluding carboxylic acids is 3. The number of carbonyl (C=O) groups is 3. The lowest BCUT2D eigenvalue weighted by atomic mass is 9.75. The molecule has 0 unspecified atom stereocenters. The van der Waals surface area contributed by atoms with Gasteiger partial charge in [-0.05, 0) is 42.5 Å². The van der Waals surface area contributed by atoms with Crippen molar-refractivity contribution in [1.82, 2.24) is 19.7 Å². The number of aromatic nitrogens is 1. The number of pyridine rings is 1. The first-order valence-corrected chi connectivity index (χ1v) is 12.5. The maximum atomic E-state index is 13.9. The molecular formula is C27H28N4O6. The Bertz CT molecular complexity index is 1370. The minimum Gasteiger partial charge on any atom is -0.454 e. The smallest absolute Gasteiger partial charge is 0.331 e. The maximum Gasteiger partial charge on any atom is 0.331 e. The Morgan fingerprint density at radius 2 is 1.89 bits per heavy atom. The molecule has 1 N–H and O–H groups in total. The molecule has 5 heterocycles. The summed E-state index contributed by atoms with van der Waals surface area (Å²) in [6, 6.07) is 9.98. The van der Waals surface area contributed by atoms with Gasteiger partial charge in [-0.2, -0.15) is 0 Å². The molecule has 4 aliphatic heterocycles. The number of amides is 4. The first-order chi connectivity index (χ1) is 17.9. The zero-order valence-corrected chi connectivity index (χ0v) is 20.4. The number of benzene rings is 1. The molecule has 0 saturated carbocycles. The van der Waals surface area contributed by atoms with Gasteiger partial charge in [-0.15, -0.1) is 6.58 Å². The molecule has 4 amide bonds. The van der Waals surface area contributed by atoms with Crippen LogP contribution in [0, 0.1) is 11.3 Å². The number of barbiturate groups is 1. The van der Waals surface area contributed by atoms with Crippen molar-refractivity contribution in [2.45, 2.75) is 25.3 Å². The summed E-state index contributed by atoms with van der Waals surface area (Å²) in [6.45, 7) is 5.81. The second-order valence-electron chi connectivity index (χ2n) is 10.3. The van der Waals surface area contributed by atoms with Crippen LogP contribution in [-0.2, 0) is 22.6 Å². The third-order valence-corrected chi connectivity index (χ3v) is 7.86. The quantitative estimate of drug-likeness (QED) is 0.469. The SMILES string of the molecule is C=CCN1C(=O)NC(=O)[C@](Cc2ccc3c(c2)OCO3)(CN2C[C@@H]3C[C@H](C2)c2cccc(=O)n2C3)C1=O. The number of rotatable bonds is 6. The Morgan fingerprint density at radius 1 is 1.05 bits per heavy atom. The van der Waals surface area contributed by atoms with Gasteiger partial charge in [0.2, 0.25) is 18.6 Å². The summed E-state index contributed by atoms with van der Waals surface area (Å²) in [4.78, 5) is 55.7. The Kier molecular flexibility index (Phi) is 5.63. The molecule has 2 aromatic rings. The highest BCUT2D eigenvalue weighted by atomic mass is 16.7. The summed E-state index contributed by atoms with van der Waals surface area (Å²) in [5, 5.41) is 2.42. The topological polar surface area (TPSA) is 110 Å². The highest BCUT2D eigenvalue weighted by Gasteiger charge is 2.55. The monoisotopic (exact) mass is 504 g/mol. The number of nitrogens with one attached hydrogen (secondary N) is 1. The fourth-order valence-electron chi connectivity index (χ4n) is 6.28. The molecular weight excluding hydrogens is 476 g/mol. The summed E-state index contributed by atoms with van der Waals surface area (Å²) in [5.74, 6) is 0.376. The normalized spacial score (nSPS) is 26.6. The number of hydrogen-bond acceptors (Lipinski definition) is 7. The molecule has 0 spiro atoms. The van der Waals surface area contributed by atoms with Gasteiger partial charge in [-0.3, -0.25) is 24.6 Å². The predicted molar refractivity (Wildman–Crippen MR) is 132 cm³/mol. The molecule has 1 aromatic carbocycles. The first kappa shape index (κ1) is 23.5. The minimum absolute atomic E-state index is 0.000318. The standard InChI is InChI=1S/C27H28N4O6/c1-2-8-30-25(34)27(24(33)28-26(30)35,11-17-6-7-21-22(10-17)37-16-36-21)15-29-12-18-9-19(14-29)20-4-3-5-23(32)31(20)13-18/h2-7,10,18-19H,1,8-9,11-16H2,(H,28,33,35)/t18-,19+,27-/m0/s1. The van der Waals surface area contributed by atoms with Crippen LogP contribution in [-0.4, -0.2) is 65.2 Å². The molecule has 3 atom stereocenters. The van der Waals surface area contributed by atoms with Crippen LogP contribution in [0.2, 0.25) is 0 Å². The van der Waals surface area contributed by atoms with Crippen LogP contribution >= 0.6 is 0 Å². The van der Waals surface area contributed by atoms with E-state index >= 15 is 0 Å². The van der Waals surface area contributed by atoms with Gasteiger partial charge in [-0.1, -0.05) is 18.2 Å². The number of nitrogens with zero attached hydrogens (tertiary/aromatic N) is 3. The third-order valence-electron chi connectivity index (χ3n) is 7.86. The lowest BCUT2D eigenvalue weighted by molar-refractivity contribution is -0.153. The highest BCUT2D eigenvalue weighted by Crippen LogP contribution is 2.40. The second-order valence-corrected chi connectivity index (χ2v) is 10.3. The molecule has 2 fully saturated rings. The summed E-state index contributed by atoms with van der Waals surface area (Å²) in [7, 11) is 0. The van der Waals surface area contributed by atoms with E-state index in [4.69, 9.17) is 9.47 Å². The van der Waals surface area contributed by atoms with Crippen molar-refractivity contribution in [3.63, 3.8) is 0 Å². The molecule has 0 radical (unpaired) electrons. The van der Waals surface area contributed by atoms with E-state index < -0.39 is 23.3 Å². The second kappa shape index (κ2) is 8.88. The number of piperidine rings is 1. The number of likely N-dealkylation sites (tertiary alicyclic amines) is 1. The van der Waals surface area contributed by atoms with E-state index in [-0.39, 0.29) is 43.7 Å². The average molecular weight is 505 g/mol. The minimum atomic E-state index is -1.52. The fourth-order valence-corrected chi connectivity index (χ4v) is 6.28. The van der Waals surface area contributed by atoms with Crippen molar-refractivity contribution in [2.75, 3.05) is 33.0 Å². The van der Waals surface area contributed by atoms with Gasteiger partial charge < -0.3 is 18.9 Å². The van der Waals surface area contributed by atoms with Crippen LogP contribution < -0.4 is 20.3 Å². The molecule has 10 heteroatoms. The molecule has 2 saturated heterocycles. The van der Waals surface area contributed by atoms with Crippen LogP contribution in [0.4, 0.5) is 4.79 Å². The molecule has 4 aliphatic rings. The Hall–Kier alpha value is -3.92. The van der Waals surface area contributed by atoms with Crippen LogP contribution in [0.25, 0.3) is 0 Å². The average Bonchev–Trinajstić information content (AvgIpc) is 3.34. The number of hydrogen-bond donors (Lipinski definition) is 1. The number of ether oxygens (including phenoxy) is 2. The van der Waals surface area contributed by atoms with Gasteiger partial charge in [0.15, 0.2) is 11.5 Å². The first-order valence-electron chi connectivity index (χ1n) is 12.5. The third kappa shape index (κ3) is 3.92. The van der Waals surface area contributed by atoms with Gasteiger partial charge in [0.05, 0.1) is 0 Å². The van der Waals surface area contributed by atoms with Gasteiger partial charge in [0, 0.05) is 50.4 Å². The Labute approximate surface area is 213 Å². The van der Waals surface area contributed by atoms with Crippen molar-refractivity contribution in [3.05, 3.63) is 70.7 Å². The largest absolute Gasteiger partial charge is 0.454 e. The van der Waals surface area contributed by atoms with Gasteiger partial charge >= 0.3 is 6.03 Å². The van der Waals surface area contributed by atoms with E-state index in [9.17, 15) is 19.2 Å². The van der Waals surface area contributed by atoms with E-state index in [1.165, 1.54) is 6.08 Å².